The summed E-state index contributed by atoms with van der Waals surface area (Å²) < 4.78 is 4.65. The maximum absolute atomic E-state index is 11.9. The van der Waals surface area contributed by atoms with Crippen molar-refractivity contribution in [2.45, 2.75) is 13.3 Å². The van der Waals surface area contributed by atoms with E-state index in [-0.39, 0.29) is 39.2 Å². The molecular weight excluding hydrogens is 336 g/mol. The Bertz CT molecular complexity index is 895. The van der Waals surface area contributed by atoms with Crippen molar-refractivity contribution in [2.75, 3.05) is 12.4 Å². The zero-order valence-electron chi connectivity index (χ0n) is 12.8. The third-order valence-electron chi connectivity index (χ3n) is 3.65. The quantitative estimate of drug-likeness (QED) is 0.495. The SMILES string of the molecule is COC(=O)c1nc(-c2cc(O)c3c(c2O)C3)cc(NC(C)=O)c1Cl. The smallest absolute Gasteiger partial charge is 0.358 e. The van der Waals surface area contributed by atoms with Gasteiger partial charge in [-0.15, -0.1) is 0 Å². The number of aromatic nitrogens is 1. The first-order valence-electron chi connectivity index (χ1n) is 6.97. The number of rotatable bonds is 3. The largest absolute Gasteiger partial charge is 0.508 e. The Balaban J connectivity index is 2.21. The summed E-state index contributed by atoms with van der Waals surface area (Å²) in [6.45, 7) is 1.29. The number of esters is 1. The van der Waals surface area contributed by atoms with E-state index in [0.29, 0.717) is 17.5 Å². The fourth-order valence-electron chi connectivity index (χ4n) is 2.43. The van der Waals surface area contributed by atoms with E-state index >= 15 is 0 Å². The summed E-state index contributed by atoms with van der Waals surface area (Å²) in [5, 5.41) is 22.6. The minimum Gasteiger partial charge on any atom is -0.508 e. The van der Waals surface area contributed by atoms with Gasteiger partial charge in [-0.25, -0.2) is 9.78 Å². The summed E-state index contributed by atoms with van der Waals surface area (Å²) >= 11 is 6.11. The van der Waals surface area contributed by atoms with E-state index in [1.54, 1.807) is 0 Å². The number of anilines is 1. The molecule has 1 aliphatic carbocycles. The fourth-order valence-corrected chi connectivity index (χ4v) is 2.66. The van der Waals surface area contributed by atoms with Crippen LogP contribution < -0.4 is 5.32 Å². The molecule has 2 aromatic rings. The maximum Gasteiger partial charge on any atom is 0.358 e. The molecule has 0 spiro atoms. The number of carbonyl (C=O) groups excluding carboxylic acids is 2. The molecular formula is C16H13ClN2O5. The van der Waals surface area contributed by atoms with Crippen molar-refractivity contribution in [1.29, 1.82) is 0 Å². The van der Waals surface area contributed by atoms with E-state index in [9.17, 15) is 19.8 Å². The van der Waals surface area contributed by atoms with Crippen molar-refractivity contribution in [1.82, 2.24) is 4.98 Å². The van der Waals surface area contributed by atoms with Crippen LogP contribution in [0.5, 0.6) is 11.5 Å². The van der Waals surface area contributed by atoms with Crippen LogP contribution in [0.3, 0.4) is 0 Å². The number of methoxy groups -OCH3 is 1. The molecule has 8 heteroatoms. The summed E-state index contributed by atoms with van der Waals surface area (Å²) in [6.07, 6.45) is 0.494. The van der Waals surface area contributed by atoms with Crippen LogP contribution in [0, 0.1) is 0 Å². The number of nitrogens with one attached hydrogen (secondary N) is 1. The Morgan fingerprint density at radius 2 is 2.00 bits per heavy atom. The zero-order chi connectivity index (χ0) is 17.6. The highest BCUT2D eigenvalue weighted by Gasteiger charge is 2.30. The lowest BCUT2D eigenvalue weighted by atomic mass is 10.1. The second kappa shape index (κ2) is 5.68. The second-order valence-electron chi connectivity index (χ2n) is 5.32. The molecule has 0 atom stereocenters. The minimum atomic E-state index is -0.788. The number of pyridine rings is 1. The number of phenolic OH excluding ortho intramolecular Hbond substituents is 2. The summed E-state index contributed by atoms with van der Waals surface area (Å²) in [7, 11) is 1.18. The second-order valence-corrected chi connectivity index (χ2v) is 5.69. The Morgan fingerprint density at radius 3 is 2.62 bits per heavy atom. The number of halogens is 1. The fraction of sp³-hybridized carbons (Fsp3) is 0.188. The summed E-state index contributed by atoms with van der Waals surface area (Å²) in [4.78, 5) is 27.4. The van der Waals surface area contributed by atoms with Crippen LogP contribution in [0.1, 0.15) is 28.5 Å². The van der Waals surface area contributed by atoms with Gasteiger partial charge < -0.3 is 20.3 Å². The number of benzene rings is 1. The molecule has 0 fully saturated rings. The van der Waals surface area contributed by atoms with Crippen molar-refractivity contribution in [2.24, 2.45) is 0 Å². The highest BCUT2D eigenvalue weighted by Crippen LogP contribution is 2.48. The molecule has 1 aliphatic rings. The van der Waals surface area contributed by atoms with Gasteiger partial charge >= 0.3 is 5.97 Å². The van der Waals surface area contributed by atoms with Crippen molar-refractivity contribution < 1.29 is 24.5 Å². The van der Waals surface area contributed by atoms with Crippen LogP contribution in [0.25, 0.3) is 11.3 Å². The molecule has 24 heavy (non-hydrogen) atoms. The molecule has 1 amide bonds. The highest BCUT2D eigenvalue weighted by molar-refractivity contribution is 6.36. The van der Waals surface area contributed by atoms with Gasteiger partial charge in [0.15, 0.2) is 5.69 Å². The number of phenols is 2. The number of hydrogen-bond donors (Lipinski definition) is 3. The molecule has 1 heterocycles. The first-order valence-corrected chi connectivity index (χ1v) is 7.34. The standard InChI is InChI=1S/C16H13ClN2O5/c1-6(20)18-11-5-10(19-14(13(11)17)16(23)24-2)9-4-12(21)7-3-8(7)15(9)22/h4-5,21-22H,3H2,1-2H3,(H,18,19,20). The van der Waals surface area contributed by atoms with Crippen LogP contribution in [0.4, 0.5) is 5.69 Å². The maximum atomic E-state index is 11.9. The first-order chi connectivity index (χ1) is 11.3. The van der Waals surface area contributed by atoms with E-state index in [4.69, 9.17) is 11.6 Å². The van der Waals surface area contributed by atoms with Crippen LogP contribution in [-0.4, -0.2) is 34.2 Å². The number of carbonyl (C=O) groups is 2. The van der Waals surface area contributed by atoms with Crippen LogP contribution in [0.2, 0.25) is 5.02 Å². The monoisotopic (exact) mass is 348 g/mol. The van der Waals surface area contributed by atoms with E-state index in [0.717, 1.165) is 0 Å². The van der Waals surface area contributed by atoms with Gasteiger partial charge in [0, 0.05) is 30.0 Å². The number of ether oxygens (including phenoxy) is 1. The van der Waals surface area contributed by atoms with Gasteiger partial charge in [0.1, 0.15) is 11.5 Å². The van der Waals surface area contributed by atoms with Crippen molar-refractivity contribution >= 4 is 29.2 Å². The van der Waals surface area contributed by atoms with Gasteiger partial charge in [-0.05, 0) is 12.1 Å². The van der Waals surface area contributed by atoms with Crippen LogP contribution in [0.15, 0.2) is 12.1 Å². The minimum absolute atomic E-state index is 0.0257. The molecule has 3 N–H and O–H groups in total. The zero-order valence-corrected chi connectivity index (χ0v) is 13.6. The number of aromatic hydroxyl groups is 2. The van der Waals surface area contributed by atoms with Gasteiger partial charge in [-0.1, -0.05) is 11.6 Å². The van der Waals surface area contributed by atoms with Crippen molar-refractivity contribution in [3.05, 3.63) is 34.0 Å². The van der Waals surface area contributed by atoms with Crippen LogP contribution in [-0.2, 0) is 16.0 Å². The van der Waals surface area contributed by atoms with Gasteiger partial charge in [0.2, 0.25) is 5.91 Å². The highest BCUT2D eigenvalue weighted by atomic mass is 35.5. The lowest BCUT2D eigenvalue weighted by molar-refractivity contribution is -0.114. The van der Waals surface area contributed by atoms with E-state index in [2.05, 4.69) is 15.0 Å². The van der Waals surface area contributed by atoms with Crippen molar-refractivity contribution in [3.63, 3.8) is 0 Å². The van der Waals surface area contributed by atoms with E-state index in [1.807, 2.05) is 0 Å². The Hall–Kier alpha value is -2.80. The van der Waals surface area contributed by atoms with Crippen molar-refractivity contribution in [3.8, 4) is 22.8 Å². The number of hydrogen-bond acceptors (Lipinski definition) is 6. The lowest BCUT2D eigenvalue weighted by Gasteiger charge is -2.12. The third-order valence-corrected chi connectivity index (χ3v) is 4.03. The molecule has 0 saturated carbocycles. The average Bonchev–Trinajstić information content (AvgIpc) is 3.33. The molecule has 1 aromatic carbocycles. The molecule has 7 nitrogen and oxygen atoms in total. The topological polar surface area (TPSA) is 109 Å². The lowest BCUT2D eigenvalue weighted by Crippen LogP contribution is -2.12. The predicted molar refractivity (Wildman–Crippen MR) is 86.5 cm³/mol. The number of amides is 1. The average molecular weight is 349 g/mol. The Morgan fingerprint density at radius 1 is 1.29 bits per heavy atom. The molecule has 0 bridgehead atoms. The molecule has 0 aliphatic heterocycles. The van der Waals surface area contributed by atoms with Crippen LogP contribution >= 0.6 is 11.6 Å². The summed E-state index contributed by atoms with van der Waals surface area (Å²) in [6, 6.07) is 2.77. The van der Waals surface area contributed by atoms with E-state index < -0.39 is 11.9 Å². The first kappa shape index (κ1) is 16.1. The number of nitrogens with zero attached hydrogens (tertiary/aromatic N) is 1. The third kappa shape index (κ3) is 2.63. The predicted octanol–water partition coefficient (Wildman–Crippen LogP) is 2.46. The molecule has 124 valence electrons. The molecule has 0 saturated heterocycles. The molecule has 1 aromatic heterocycles. The molecule has 3 rings (SSSR count). The van der Waals surface area contributed by atoms with Gasteiger partial charge in [0.25, 0.3) is 0 Å². The number of fused-ring (bicyclic) bond motifs is 1. The molecule has 0 unspecified atom stereocenters. The van der Waals surface area contributed by atoms with Gasteiger partial charge in [0.05, 0.1) is 23.5 Å². The summed E-state index contributed by atoms with van der Waals surface area (Å²) in [5.41, 5.74) is 1.66. The Labute approximate surface area is 141 Å². The Kier molecular flexibility index (Phi) is 3.81. The normalized spacial score (nSPS) is 11.6. The van der Waals surface area contributed by atoms with Gasteiger partial charge in [-0.3, -0.25) is 4.79 Å². The van der Waals surface area contributed by atoms with E-state index in [1.165, 1.54) is 26.2 Å². The van der Waals surface area contributed by atoms with Gasteiger partial charge in [-0.2, -0.15) is 0 Å². The molecule has 0 radical (unpaired) electrons. The summed E-state index contributed by atoms with van der Waals surface area (Å²) in [5.74, 6) is -1.17.